The summed E-state index contributed by atoms with van der Waals surface area (Å²) in [5, 5.41) is 10.0. The van der Waals surface area contributed by atoms with Crippen LogP contribution in [0, 0.1) is 5.41 Å². The van der Waals surface area contributed by atoms with Crippen molar-refractivity contribution in [3.05, 3.63) is 106 Å². The zero-order chi connectivity index (χ0) is 43.7. The lowest BCUT2D eigenvalue weighted by atomic mass is 9.68. The Kier molecular flexibility index (Phi) is 13.0. The van der Waals surface area contributed by atoms with Gasteiger partial charge in [0.25, 0.3) is 0 Å². The monoisotopic (exact) mass is 854 g/mol. The van der Waals surface area contributed by atoms with Gasteiger partial charge in [0.2, 0.25) is 11.9 Å². The highest BCUT2D eigenvalue weighted by atomic mass is 19.4. The lowest BCUT2D eigenvalue weighted by Gasteiger charge is -2.42. The van der Waals surface area contributed by atoms with E-state index in [0.717, 1.165) is 29.0 Å². The summed E-state index contributed by atoms with van der Waals surface area (Å²) in [5.41, 5.74) is 1.83. The predicted octanol–water partition coefficient (Wildman–Crippen LogP) is 11.4. The summed E-state index contributed by atoms with van der Waals surface area (Å²) in [6, 6.07) is 11.6. The van der Waals surface area contributed by atoms with Gasteiger partial charge < -0.3 is 24.2 Å². The molecule has 3 heterocycles. The molecule has 3 aliphatic rings. The molecule has 0 radical (unpaired) electrons. The van der Waals surface area contributed by atoms with Gasteiger partial charge in [0, 0.05) is 55.1 Å². The smallest absolute Gasteiger partial charge is 0.416 e. The third kappa shape index (κ3) is 10.8. The number of aromatic nitrogens is 3. The molecule has 4 aromatic rings. The number of ether oxygens (including phenoxy) is 3. The third-order valence-corrected chi connectivity index (χ3v) is 12.4. The molecule has 0 spiro atoms. The Morgan fingerprint density at radius 1 is 0.869 bits per heavy atom. The highest BCUT2D eigenvalue weighted by molar-refractivity contribution is 5.51. The topological polar surface area (TPSA) is 89.8 Å². The van der Waals surface area contributed by atoms with Gasteiger partial charge in [0.15, 0.2) is 11.9 Å². The number of methoxy groups -OCH3 is 1. The standard InChI is InChI=1S/C47H56F6N4O4/c1-44(2)24-36-39(37(25-44)61-28-29-6-12-34(59-5)13-7-29)38(30-14-18-46(49,50)19-15-30)40(41(48)31-8-10-33(11-9-31)47(51,52)53)42(56-36)32-16-21-57(22-17-32)43-54-26-35(27-55-43)60-23-20-45(3,4)58/h6-13,26-27,30,32,37,41,58H,14-25,28H2,1-5H3/t37-,41-/m0/s1. The number of anilines is 1. The fraction of sp³-hybridized carbons (Fsp3) is 0.553. The molecular weight excluding hydrogens is 799 g/mol. The molecule has 1 saturated carbocycles. The summed E-state index contributed by atoms with van der Waals surface area (Å²) in [6.45, 7) is 9.26. The number of hydrogen-bond donors (Lipinski definition) is 1. The van der Waals surface area contributed by atoms with Gasteiger partial charge in [0.1, 0.15) is 5.75 Å². The van der Waals surface area contributed by atoms with Crippen molar-refractivity contribution >= 4 is 5.95 Å². The second kappa shape index (κ2) is 17.7. The van der Waals surface area contributed by atoms with Gasteiger partial charge in [0.05, 0.1) is 55.7 Å². The van der Waals surface area contributed by atoms with Crippen LogP contribution in [0.4, 0.5) is 32.3 Å². The molecule has 1 saturated heterocycles. The van der Waals surface area contributed by atoms with E-state index in [9.17, 15) is 27.1 Å². The SMILES string of the molecule is COc1ccc(CO[C@H]2CC(C)(C)Cc3nc(C4CCN(c5ncc(OCCC(C)(C)O)cn5)CC4)c([C@@H](F)c4ccc(C(F)(F)F)cc4)c(C4CCC(F)(F)CC4)c32)cc1. The molecule has 2 fully saturated rings. The van der Waals surface area contributed by atoms with Crippen molar-refractivity contribution in [1.82, 2.24) is 15.0 Å². The first-order valence-electron chi connectivity index (χ1n) is 21.2. The first kappa shape index (κ1) is 44.6. The summed E-state index contributed by atoms with van der Waals surface area (Å²) in [5.74, 6) is -1.86. The quantitative estimate of drug-likeness (QED) is 0.133. The van der Waals surface area contributed by atoms with Crippen LogP contribution in [-0.2, 0) is 23.9 Å². The Morgan fingerprint density at radius 2 is 1.51 bits per heavy atom. The van der Waals surface area contributed by atoms with Crippen molar-refractivity contribution in [2.75, 3.05) is 31.7 Å². The van der Waals surface area contributed by atoms with E-state index in [2.05, 4.69) is 23.8 Å². The van der Waals surface area contributed by atoms with Crippen LogP contribution < -0.4 is 14.4 Å². The van der Waals surface area contributed by atoms with Crippen LogP contribution in [0.3, 0.4) is 0 Å². The lowest BCUT2D eigenvalue weighted by molar-refractivity contribution is -0.137. The number of alkyl halides is 6. The number of benzene rings is 2. The number of piperidine rings is 1. The van der Waals surface area contributed by atoms with E-state index in [0.29, 0.717) is 80.5 Å². The van der Waals surface area contributed by atoms with Crippen LogP contribution in [0.1, 0.15) is 148 Å². The molecule has 2 aromatic carbocycles. The summed E-state index contributed by atoms with van der Waals surface area (Å²) in [6.07, 6.45) is -1.64. The van der Waals surface area contributed by atoms with Gasteiger partial charge in [-0.3, -0.25) is 4.98 Å². The van der Waals surface area contributed by atoms with Crippen molar-refractivity contribution < 1.29 is 45.7 Å². The largest absolute Gasteiger partial charge is 0.497 e. The normalized spacial score (nSPS) is 20.3. The van der Waals surface area contributed by atoms with Crippen molar-refractivity contribution in [3.63, 3.8) is 0 Å². The first-order valence-corrected chi connectivity index (χ1v) is 21.2. The Balaban J connectivity index is 1.28. The predicted molar refractivity (Wildman–Crippen MR) is 220 cm³/mol. The number of aliphatic hydroxyl groups is 1. The molecule has 330 valence electrons. The van der Waals surface area contributed by atoms with Gasteiger partial charge >= 0.3 is 6.18 Å². The van der Waals surface area contributed by atoms with Crippen LogP contribution in [-0.4, -0.2) is 58.4 Å². The fourth-order valence-electron chi connectivity index (χ4n) is 9.06. The highest BCUT2D eigenvalue weighted by Gasteiger charge is 2.44. The second-order valence-electron chi connectivity index (χ2n) is 18.4. The van der Waals surface area contributed by atoms with Crippen LogP contribution >= 0.6 is 0 Å². The van der Waals surface area contributed by atoms with Crippen LogP contribution in [0.15, 0.2) is 60.9 Å². The second-order valence-corrected chi connectivity index (χ2v) is 18.4. The minimum absolute atomic E-state index is 0.0425. The van der Waals surface area contributed by atoms with Crippen molar-refractivity contribution in [3.8, 4) is 11.5 Å². The molecule has 8 nitrogen and oxygen atoms in total. The van der Waals surface area contributed by atoms with Gasteiger partial charge in [-0.15, -0.1) is 0 Å². The average molecular weight is 855 g/mol. The lowest BCUT2D eigenvalue weighted by Crippen LogP contribution is -2.36. The molecule has 2 aliphatic carbocycles. The molecule has 14 heteroatoms. The van der Waals surface area contributed by atoms with Crippen molar-refractivity contribution in [1.29, 1.82) is 0 Å². The maximum absolute atomic E-state index is 17.8. The summed E-state index contributed by atoms with van der Waals surface area (Å²) < 4.78 is 106. The van der Waals surface area contributed by atoms with E-state index in [4.69, 9.17) is 19.2 Å². The van der Waals surface area contributed by atoms with E-state index >= 15 is 4.39 Å². The third-order valence-electron chi connectivity index (χ3n) is 12.4. The van der Waals surface area contributed by atoms with Gasteiger partial charge in [-0.25, -0.2) is 23.1 Å². The van der Waals surface area contributed by atoms with Crippen LogP contribution in [0.25, 0.3) is 0 Å². The minimum atomic E-state index is -4.61. The van der Waals surface area contributed by atoms with Crippen molar-refractivity contribution in [2.45, 2.75) is 134 Å². The van der Waals surface area contributed by atoms with Crippen LogP contribution in [0.5, 0.6) is 11.5 Å². The Morgan fingerprint density at radius 3 is 2.10 bits per heavy atom. The molecule has 0 amide bonds. The van der Waals surface area contributed by atoms with E-state index in [1.165, 1.54) is 12.1 Å². The maximum atomic E-state index is 17.8. The van der Waals surface area contributed by atoms with Crippen molar-refractivity contribution in [2.24, 2.45) is 5.41 Å². The molecule has 0 unspecified atom stereocenters. The number of halogens is 6. The zero-order valence-electron chi connectivity index (χ0n) is 35.5. The van der Waals surface area contributed by atoms with E-state index in [1.54, 1.807) is 33.4 Å². The maximum Gasteiger partial charge on any atom is 0.416 e. The molecule has 7 rings (SSSR count). The Labute approximate surface area is 354 Å². The van der Waals surface area contributed by atoms with Gasteiger partial charge in [-0.05, 0) is 105 Å². The first-order chi connectivity index (χ1) is 28.8. The number of rotatable bonds is 13. The van der Waals surface area contributed by atoms with E-state index in [-0.39, 0.29) is 54.7 Å². The van der Waals surface area contributed by atoms with E-state index < -0.39 is 41.5 Å². The molecule has 61 heavy (non-hydrogen) atoms. The number of nitrogens with zero attached hydrogens (tertiary/aromatic N) is 4. The number of fused-ring (bicyclic) bond motifs is 1. The summed E-state index contributed by atoms with van der Waals surface area (Å²) >= 11 is 0. The average Bonchev–Trinajstić information content (AvgIpc) is 3.21. The zero-order valence-corrected chi connectivity index (χ0v) is 35.5. The fourth-order valence-corrected chi connectivity index (χ4v) is 9.06. The molecule has 1 aliphatic heterocycles. The number of pyridine rings is 1. The Bertz CT molecular complexity index is 2090. The molecule has 2 atom stereocenters. The molecular formula is C47H56F6N4O4. The number of hydrogen-bond acceptors (Lipinski definition) is 8. The van der Waals surface area contributed by atoms with Gasteiger partial charge in [-0.1, -0.05) is 38.1 Å². The summed E-state index contributed by atoms with van der Waals surface area (Å²) in [4.78, 5) is 16.5. The van der Waals surface area contributed by atoms with Gasteiger partial charge in [-0.2, -0.15) is 13.2 Å². The summed E-state index contributed by atoms with van der Waals surface area (Å²) in [7, 11) is 1.59. The minimum Gasteiger partial charge on any atom is -0.497 e. The molecule has 1 N–H and O–H groups in total. The van der Waals surface area contributed by atoms with Crippen LogP contribution in [0.2, 0.25) is 0 Å². The molecule has 0 bridgehead atoms. The highest BCUT2D eigenvalue weighted by Crippen LogP contribution is 2.53. The molecule has 2 aromatic heterocycles. The van der Waals surface area contributed by atoms with E-state index in [1.807, 2.05) is 29.2 Å². The Hall–Kier alpha value is -4.43.